The topological polar surface area (TPSA) is 99.9 Å². The lowest BCUT2D eigenvalue weighted by Gasteiger charge is -1.91. The van der Waals surface area contributed by atoms with E-state index < -0.39 is 10.9 Å². The Kier molecular flexibility index (Phi) is 3.03. The van der Waals surface area contributed by atoms with E-state index >= 15 is 0 Å². The van der Waals surface area contributed by atoms with Gasteiger partial charge in [0.15, 0.2) is 10.8 Å². The van der Waals surface area contributed by atoms with Gasteiger partial charge in [-0.15, -0.1) is 11.3 Å². The second kappa shape index (κ2) is 4.85. The predicted molar refractivity (Wildman–Crippen MR) is 70.3 cm³/mol. The van der Waals surface area contributed by atoms with Crippen molar-refractivity contribution in [3.05, 3.63) is 45.4 Å². The molecule has 0 spiro atoms. The summed E-state index contributed by atoms with van der Waals surface area (Å²) in [6.45, 7) is 2.20. The lowest BCUT2D eigenvalue weighted by Crippen LogP contribution is -2.01. The van der Waals surface area contributed by atoms with Gasteiger partial charge in [-0.3, -0.25) is 0 Å². The van der Waals surface area contributed by atoms with Gasteiger partial charge in [-0.2, -0.15) is 4.68 Å². The van der Waals surface area contributed by atoms with Crippen LogP contribution in [0.4, 0.5) is 5.95 Å². The highest BCUT2D eigenvalue weighted by Gasteiger charge is 2.15. The highest BCUT2D eigenvalue weighted by Crippen LogP contribution is 2.25. The van der Waals surface area contributed by atoms with Crippen LogP contribution in [0.2, 0.25) is 0 Å². The van der Waals surface area contributed by atoms with E-state index in [9.17, 15) is 10.1 Å². The van der Waals surface area contributed by atoms with Crippen molar-refractivity contribution in [2.24, 2.45) is 0 Å². The molecule has 0 bridgehead atoms. The van der Waals surface area contributed by atoms with Crippen molar-refractivity contribution in [2.75, 3.05) is 0 Å². The maximum absolute atomic E-state index is 10.5. The summed E-state index contributed by atoms with van der Waals surface area (Å²) in [7, 11) is 0. The molecular weight excluding hydrogens is 282 g/mol. The maximum atomic E-state index is 10.5. The number of thiazole rings is 1. The molecular formula is C11H9N5O3S. The summed E-state index contributed by atoms with van der Waals surface area (Å²) in [5.74, 6) is 1.12. The molecule has 0 fully saturated rings. The quantitative estimate of drug-likeness (QED) is 0.540. The fourth-order valence-electron chi connectivity index (χ4n) is 1.65. The van der Waals surface area contributed by atoms with Crippen molar-refractivity contribution in [1.29, 1.82) is 0 Å². The standard InChI is InChI=1S/C11H9N5O3S/c1-7-2-3-9(19-7)10-13-8(5-20-10)4-15-6-12-11(14-15)16(17)18/h2-3,5-6H,4H2,1H3. The summed E-state index contributed by atoms with van der Waals surface area (Å²) in [4.78, 5) is 17.9. The van der Waals surface area contributed by atoms with Crippen LogP contribution < -0.4 is 0 Å². The Morgan fingerprint density at radius 3 is 3.00 bits per heavy atom. The second-order valence-electron chi connectivity index (χ2n) is 4.05. The van der Waals surface area contributed by atoms with Crippen molar-refractivity contribution in [2.45, 2.75) is 13.5 Å². The molecule has 0 atom stereocenters. The van der Waals surface area contributed by atoms with Crippen LogP contribution in [-0.4, -0.2) is 24.7 Å². The fourth-order valence-corrected chi connectivity index (χ4v) is 2.42. The van der Waals surface area contributed by atoms with Gasteiger partial charge < -0.3 is 14.5 Å². The van der Waals surface area contributed by atoms with Crippen LogP contribution in [0.25, 0.3) is 10.8 Å². The van der Waals surface area contributed by atoms with Crippen LogP contribution >= 0.6 is 11.3 Å². The highest BCUT2D eigenvalue weighted by molar-refractivity contribution is 7.13. The summed E-state index contributed by atoms with van der Waals surface area (Å²) in [5, 5.41) is 16.9. The Bertz CT molecular complexity index is 760. The summed E-state index contributed by atoms with van der Waals surface area (Å²) in [6, 6.07) is 3.73. The molecule has 0 unspecified atom stereocenters. The van der Waals surface area contributed by atoms with Gasteiger partial charge in [0.25, 0.3) is 0 Å². The van der Waals surface area contributed by atoms with Gasteiger partial charge in [0.2, 0.25) is 6.33 Å². The van der Waals surface area contributed by atoms with E-state index in [1.807, 2.05) is 24.4 Å². The smallest absolute Gasteiger partial charge is 0.459 e. The average Bonchev–Trinajstić information content (AvgIpc) is 3.09. The minimum Gasteiger partial charge on any atom is -0.459 e. The van der Waals surface area contributed by atoms with Gasteiger partial charge in [0.1, 0.15) is 12.3 Å². The monoisotopic (exact) mass is 291 g/mol. The Morgan fingerprint density at radius 1 is 1.50 bits per heavy atom. The van der Waals surface area contributed by atoms with Crippen molar-refractivity contribution in [3.63, 3.8) is 0 Å². The van der Waals surface area contributed by atoms with E-state index in [4.69, 9.17) is 4.42 Å². The summed E-state index contributed by atoms with van der Waals surface area (Å²) >= 11 is 1.45. The van der Waals surface area contributed by atoms with Crippen molar-refractivity contribution in [1.82, 2.24) is 19.7 Å². The average molecular weight is 291 g/mol. The predicted octanol–water partition coefficient (Wildman–Crippen LogP) is 2.26. The number of nitrogens with zero attached hydrogens (tertiary/aromatic N) is 5. The number of rotatable bonds is 4. The molecule has 20 heavy (non-hydrogen) atoms. The zero-order valence-corrected chi connectivity index (χ0v) is 11.2. The highest BCUT2D eigenvalue weighted by atomic mass is 32.1. The SMILES string of the molecule is Cc1ccc(-c2nc(Cn3cnc([N+](=O)[O-])n3)cs2)o1. The van der Waals surface area contributed by atoms with Crippen molar-refractivity contribution < 1.29 is 9.34 Å². The van der Waals surface area contributed by atoms with Gasteiger partial charge in [-0.05, 0) is 24.0 Å². The summed E-state index contributed by atoms with van der Waals surface area (Å²) < 4.78 is 6.87. The lowest BCUT2D eigenvalue weighted by atomic mass is 10.4. The maximum Gasteiger partial charge on any atom is 0.490 e. The van der Waals surface area contributed by atoms with Crippen molar-refractivity contribution in [3.8, 4) is 10.8 Å². The number of nitro groups is 1. The van der Waals surface area contributed by atoms with Crippen LogP contribution in [0.15, 0.2) is 28.3 Å². The van der Waals surface area contributed by atoms with Crippen LogP contribution in [0.5, 0.6) is 0 Å². The minimum atomic E-state index is -0.630. The van der Waals surface area contributed by atoms with E-state index in [-0.39, 0.29) is 0 Å². The first-order chi connectivity index (χ1) is 9.61. The minimum absolute atomic E-state index is 0.330. The zero-order valence-electron chi connectivity index (χ0n) is 10.4. The Labute approximate surface area is 116 Å². The first-order valence-corrected chi connectivity index (χ1v) is 6.55. The van der Waals surface area contributed by atoms with E-state index in [2.05, 4.69) is 15.1 Å². The molecule has 9 heteroatoms. The van der Waals surface area contributed by atoms with E-state index in [0.717, 1.165) is 16.5 Å². The molecule has 0 amide bonds. The van der Waals surface area contributed by atoms with Crippen LogP contribution in [0.1, 0.15) is 11.5 Å². The Morgan fingerprint density at radius 2 is 2.35 bits per heavy atom. The molecule has 0 saturated carbocycles. The summed E-state index contributed by atoms with van der Waals surface area (Å²) in [5.41, 5.74) is 0.749. The Hall–Kier alpha value is -2.55. The molecule has 0 saturated heterocycles. The number of furan rings is 1. The molecule has 8 nitrogen and oxygen atoms in total. The number of aromatic nitrogens is 4. The molecule has 0 aromatic carbocycles. The molecule has 3 aromatic heterocycles. The third kappa shape index (κ3) is 2.43. The van der Waals surface area contributed by atoms with Gasteiger partial charge in [-0.1, -0.05) is 4.98 Å². The first-order valence-electron chi connectivity index (χ1n) is 5.67. The second-order valence-corrected chi connectivity index (χ2v) is 4.91. The lowest BCUT2D eigenvalue weighted by molar-refractivity contribution is -0.394. The fraction of sp³-hybridized carbons (Fsp3) is 0.182. The van der Waals surface area contributed by atoms with E-state index in [1.54, 1.807) is 0 Å². The number of hydrogen-bond donors (Lipinski definition) is 0. The van der Waals surface area contributed by atoms with Gasteiger partial charge in [0.05, 0.1) is 5.69 Å². The van der Waals surface area contributed by atoms with Crippen LogP contribution in [0, 0.1) is 17.0 Å². The van der Waals surface area contributed by atoms with Gasteiger partial charge in [0, 0.05) is 10.5 Å². The van der Waals surface area contributed by atoms with E-state index in [0.29, 0.717) is 12.3 Å². The number of aryl methyl sites for hydroxylation is 1. The molecule has 3 aromatic rings. The van der Waals surface area contributed by atoms with Crippen LogP contribution in [-0.2, 0) is 6.54 Å². The summed E-state index contributed by atoms with van der Waals surface area (Å²) in [6.07, 6.45) is 1.31. The van der Waals surface area contributed by atoms with Crippen LogP contribution in [0.3, 0.4) is 0 Å². The molecule has 0 radical (unpaired) electrons. The molecule has 3 rings (SSSR count). The number of hydrogen-bond acceptors (Lipinski definition) is 7. The van der Waals surface area contributed by atoms with E-state index in [1.165, 1.54) is 22.3 Å². The molecule has 0 N–H and O–H groups in total. The zero-order chi connectivity index (χ0) is 14.1. The third-order valence-corrected chi connectivity index (χ3v) is 3.42. The molecule has 0 aliphatic carbocycles. The van der Waals surface area contributed by atoms with Gasteiger partial charge >= 0.3 is 5.95 Å². The van der Waals surface area contributed by atoms with Crippen molar-refractivity contribution >= 4 is 17.3 Å². The van der Waals surface area contributed by atoms with Gasteiger partial charge in [-0.25, -0.2) is 4.98 Å². The first kappa shape index (κ1) is 12.5. The normalized spacial score (nSPS) is 10.8. The molecule has 102 valence electrons. The molecule has 3 heterocycles. The molecule has 0 aliphatic rings. The largest absolute Gasteiger partial charge is 0.490 e. The Balaban J connectivity index is 1.78. The molecule has 0 aliphatic heterocycles. The third-order valence-electron chi connectivity index (χ3n) is 2.51.